The Hall–Kier alpha value is -3.51. The van der Waals surface area contributed by atoms with E-state index in [1.165, 1.54) is 4.90 Å². The summed E-state index contributed by atoms with van der Waals surface area (Å²) in [7, 11) is 0. The Labute approximate surface area is 185 Å². The highest BCUT2D eigenvalue weighted by molar-refractivity contribution is 6.24. The van der Waals surface area contributed by atoms with E-state index in [9.17, 15) is 19.5 Å². The van der Waals surface area contributed by atoms with E-state index >= 15 is 0 Å². The zero-order chi connectivity index (χ0) is 22.6. The van der Waals surface area contributed by atoms with E-state index in [1.54, 1.807) is 38.1 Å². The lowest BCUT2D eigenvalue weighted by atomic mass is 9.73. The van der Waals surface area contributed by atoms with Crippen molar-refractivity contribution in [1.82, 2.24) is 5.32 Å². The Bertz CT molecular complexity index is 1240. The quantitative estimate of drug-likeness (QED) is 0.618. The molecule has 2 N–H and O–H groups in total. The molecule has 2 aliphatic heterocycles. The molecule has 0 bridgehead atoms. The van der Waals surface area contributed by atoms with Crippen LogP contribution in [-0.2, 0) is 14.4 Å². The Balaban J connectivity index is 1.68. The maximum Gasteiger partial charge on any atom is 0.325 e. The number of benzene rings is 3. The summed E-state index contributed by atoms with van der Waals surface area (Å²) in [6.45, 7) is 3.56. The lowest BCUT2D eigenvalue weighted by Gasteiger charge is -2.34. The van der Waals surface area contributed by atoms with Crippen molar-refractivity contribution in [1.29, 1.82) is 0 Å². The van der Waals surface area contributed by atoms with Gasteiger partial charge in [-0.1, -0.05) is 68.4 Å². The molecule has 0 saturated carbocycles. The highest BCUT2D eigenvalue weighted by Crippen LogP contribution is 2.52. The van der Waals surface area contributed by atoms with E-state index in [1.807, 2.05) is 48.5 Å². The summed E-state index contributed by atoms with van der Waals surface area (Å²) >= 11 is 0. The Morgan fingerprint density at radius 2 is 1.59 bits per heavy atom. The monoisotopic (exact) mass is 428 g/mol. The lowest BCUT2D eigenvalue weighted by Crippen LogP contribution is -2.59. The van der Waals surface area contributed by atoms with Gasteiger partial charge in [-0.15, -0.1) is 0 Å². The van der Waals surface area contributed by atoms with Crippen LogP contribution >= 0.6 is 0 Å². The zero-order valence-electron chi connectivity index (χ0n) is 17.9. The number of carbonyl (C=O) groups excluding carboxylic acids is 2. The number of nitrogens with one attached hydrogen (secondary N) is 1. The van der Waals surface area contributed by atoms with Crippen LogP contribution in [0, 0.1) is 17.8 Å². The molecule has 3 aromatic carbocycles. The van der Waals surface area contributed by atoms with E-state index in [0.29, 0.717) is 5.69 Å². The van der Waals surface area contributed by atoms with Gasteiger partial charge in [0.2, 0.25) is 11.8 Å². The van der Waals surface area contributed by atoms with Crippen molar-refractivity contribution in [3.05, 3.63) is 78.4 Å². The van der Waals surface area contributed by atoms with Crippen molar-refractivity contribution >= 4 is 34.2 Å². The first-order valence-electron chi connectivity index (χ1n) is 10.8. The van der Waals surface area contributed by atoms with E-state index < -0.39 is 41.2 Å². The maximum absolute atomic E-state index is 13.7. The van der Waals surface area contributed by atoms with Gasteiger partial charge in [0, 0.05) is 6.04 Å². The number of carbonyl (C=O) groups is 3. The van der Waals surface area contributed by atoms with Crippen LogP contribution in [0.25, 0.3) is 10.8 Å². The molecule has 6 nitrogen and oxygen atoms in total. The number of carboxylic acids is 1. The molecule has 0 spiro atoms. The number of nitrogens with zero attached hydrogens (tertiary/aromatic N) is 1. The van der Waals surface area contributed by atoms with Crippen LogP contribution in [0.5, 0.6) is 0 Å². The third-order valence-electron chi connectivity index (χ3n) is 7.01. The molecule has 2 saturated heterocycles. The minimum atomic E-state index is -1.54. The second kappa shape index (κ2) is 7.28. The third-order valence-corrected chi connectivity index (χ3v) is 7.01. The summed E-state index contributed by atoms with van der Waals surface area (Å²) in [4.78, 5) is 41.1. The van der Waals surface area contributed by atoms with Crippen molar-refractivity contribution in [3.8, 4) is 0 Å². The molecule has 0 aromatic heterocycles. The molecule has 2 aliphatic rings. The predicted molar refractivity (Wildman–Crippen MR) is 121 cm³/mol. The van der Waals surface area contributed by atoms with Gasteiger partial charge in [-0.05, 0) is 40.5 Å². The van der Waals surface area contributed by atoms with Gasteiger partial charge in [0.25, 0.3) is 0 Å². The van der Waals surface area contributed by atoms with Crippen molar-refractivity contribution in [2.24, 2.45) is 17.8 Å². The van der Waals surface area contributed by atoms with E-state index in [0.717, 1.165) is 16.3 Å². The minimum absolute atomic E-state index is 0.361. The highest BCUT2D eigenvalue weighted by atomic mass is 16.4. The molecule has 2 fully saturated rings. The highest BCUT2D eigenvalue weighted by Gasteiger charge is 2.69. The van der Waals surface area contributed by atoms with Crippen LogP contribution in [0.2, 0.25) is 0 Å². The van der Waals surface area contributed by atoms with E-state index in [2.05, 4.69) is 5.32 Å². The smallest absolute Gasteiger partial charge is 0.325 e. The molecular formula is C26H24N2O4. The van der Waals surface area contributed by atoms with Crippen molar-refractivity contribution in [2.75, 3.05) is 4.90 Å². The van der Waals surface area contributed by atoms with Crippen LogP contribution in [0.4, 0.5) is 5.69 Å². The number of anilines is 1. The van der Waals surface area contributed by atoms with Gasteiger partial charge >= 0.3 is 5.97 Å². The molecule has 2 heterocycles. The minimum Gasteiger partial charge on any atom is -0.480 e. The number of hydrogen-bond donors (Lipinski definition) is 2. The van der Waals surface area contributed by atoms with Crippen LogP contribution in [0.1, 0.15) is 25.5 Å². The van der Waals surface area contributed by atoms with Crippen molar-refractivity contribution < 1.29 is 19.5 Å². The van der Waals surface area contributed by atoms with Gasteiger partial charge in [0.1, 0.15) is 5.54 Å². The average Bonchev–Trinajstić information content (AvgIpc) is 3.29. The molecule has 3 aromatic rings. The molecule has 0 radical (unpaired) electrons. The maximum atomic E-state index is 13.7. The van der Waals surface area contributed by atoms with Gasteiger partial charge in [-0.3, -0.25) is 19.7 Å². The normalized spacial score (nSPS) is 27.3. The van der Waals surface area contributed by atoms with Gasteiger partial charge in [-0.25, -0.2) is 4.90 Å². The fourth-order valence-corrected chi connectivity index (χ4v) is 5.43. The second-order valence-electron chi connectivity index (χ2n) is 8.91. The van der Waals surface area contributed by atoms with Crippen molar-refractivity contribution in [3.63, 3.8) is 0 Å². The fraction of sp³-hybridized carbons (Fsp3) is 0.269. The van der Waals surface area contributed by atoms with E-state index in [4.69, 9.17) is 0 Å². The van der Waals surface area contributed by atoms with Gasteiger partial charge in [0.05, 0.1) is 17.5 Å². The first-order valence-corrected chi connectivity index (χ1v) is 10.8. The predicted octanol–water partition coefficient (Wildman–Crippen LogP) is 3.77. The summed E-state index contributed by atoms with van der Waals surface area (Å²) in [5.41, 5.74) is -0.271. The molecule has 5 rings (SSSR count). The Morgan fingerprint density at radius 3 is 2.25 bits per heavy atom. The molecule has 32 heavy (non-hydrogen) atoms. The topological polar surface area (TPSA) is 86.7 Å². The summed E-state index contributed by atoms with van der Waals surface area (Å²) < 4.78 is 0. The largest absolute Gasteiger partial charge is 0.480 e. The van der Waals surface area contributed by atoms with E-state index in [-0.39, 0.29) is 5.91 Å². The molecule has 0 aliphatic carbocycles. The SMILES string of the molecule is CC(C)C1(C(=O)O)NC(c2ccc3ccccc3c2)C2C(=O)N(c3ccccc3)C(=O)C21. The lowest BCUT2D eigenvalue weighted by molar-refractivity contribution is -0.151. The summed E-state index contributed by atoms with van der Waals surface area (Å²) in [6, 6.07) is 21.9. The van der Waals surface area contributed by atoms with Crippen LogP contribution in [0.15, 0.2) is 72.8 Å². The van der Waals surface area contributed by atoms with Gasteiger partial charge in [0.15, 0.2) is 0 Å². The molecule has 4 unspecified atom stereocenters. The summed E-state index contributed by atoms with van der Waals surface area (Å²) in [5.74, 6) is -4.14. The number of amides is 2. The first-order chi connectivity index (χ1) is 15.4. The number of aliphatic carboxylic acids is 1. The fourth-order valence-electron chi connectivity index (χ4n) is 5.43. The Kier molecular flexibility index (Phi) is 4.64. The molecule has 4 atom stereocenters. The first kappa shape index (κ1) is 20.4. The Morgan fingerprint density at radius 1 is 0.938 bits per heavy atom. The van der Waals surface area contributed by atoms with Gasteiger partial charge < -0.3 is 5.11 Å². The number of imide groups is 1. The van der Waals surface area contributed by atoms with Crippen molar-refractivity contribution in [2.45, 2.75) is 25.4 Å². The molecular weight excluding hydrogens is 404 g/mol. The van der Waals surface area contributed by atoms with Crippen LogP contribution in [-0.4, -0.2) is 28.4 Å². The number of para-hydroxylation sites is 1. The standard InChI is InChI=1S/C26H24N2O4/c1-15(2)26(25(31)32)21-20(23(29)28(24(21)30)19-10-4-3-5-11-19)22(27-26)18-13-12-16-8-6-7-9-17(16)14-18/h3-15,20-22,27H,1-2H3,(H,31,32). The number of rotatable bonds is 4. The van der Waals surface area contributed by atoms with Gasteiger partial charge in [-0.2, -0.15) is 0 Å². The number of hydrogen-bond acceptors (Lipinski definition) is 4. The van der Waals surface area contributed by atoms with Crippen LogP contribution < -0.4 is 10.2 Å². The zero-order valence-corrected chi connectivity index (χ0v) is 17.9. The van der Waals surface area contributed by atoms with Crippen LogP contribution in [0.3, 0.4) is 0 Å². The number of fused-ring (bicyclic) bond motifs is 2. The third kappa shape index (κ3) is 2.72. The number of carboxylic acid groups (broad SMARTS) is 1. The molecule has 2 amide bonds. The summed E-state index contributed by atoms with van der Waals surface area (Å²) in [5, 5.41) is 15.6. The summed E-state index contributed by atoms with van der Waals surface area (Å²) in [6.07, 6.45) is 0. The second-order valence-corrected chi connectivity index (χ2v) is 8.91. The average molecular weight is 428 g/mol. The molecule has 162 valence electrons. The molecule has 6 heteroatoms.